The standard InChI is InChI=1S/C21H27N5O4S.C17H18N4O3/c1-21(2,22)20(27)25-18(13-30-12-14-7-5-4-6-8-14)19-23-16-10-9-15(11-17(16)24-19)26-31(3,28)29;1-18-16(11-24-10-12-5-3-2-4-6-12)17-19-14-8-7-13(21(22)23)9-15(14)20-17/h4-11,18,26H,12-13,22H2,1-3H3,(H,23,24)(H,25,27);2-9,16,18H,10-11H2,1H3,(H,19,20)/t18-;16-/m11/s1. The molecule has 7 N–H and O–H groups in total. The van der Waals surface area contributed by atoms with Crippen LogP contribution in [-0.2, 0) is 37.5 Å². The molecule has 0 bridgehead atoms. The van der Waals surface area contributed by atoms with E-state index in [9.17, 15) is 23.3 Å². The van der Waals surface area contributed by atoms with Gasteiger partial charge in [0.1, 0.15) is 17.7 Å². The van der Waals surface area contributed by atoms with Gasteiger partial charge in [-0.15, -0.1) is 0 Å². The van der Waals surface area contributed by atoms with Crippen LogP contribution in [0.15, 0.2) is 97.1 Å². The van der Waals surface area contributed by atoms with E-state index >= 15 is 0 Å². The van der Waals surface area contributed by atoms with E-state index in [1.54, 1.807) is 38.1 Å². The number of anilines is 1. The Labute approximate surface area is 318 Å². The molecule has 1 amide bonds. The molecule has 55 heavy (non-hydrogen) atoms. The minimum atomic E-state index is -3.40. The van der Waals surface area contributed by atoms with Crippen molar-refractivity contribution in [1.29, 1.82) is 0 Å². The summed E-state index contributed by atoms with van der Waals surface area (Å²) in [5.41, 5.74) is 10.0. The van der Waals surface area contributed by atoms with Crippen molar-refractivity contribution in [3.63, 3.8) is 0 Å². The molecule has 0 spiro atoms. The van der Waals surface area contributed by atoms with Crippen molar-refractivity contribution < 1.29 is 27.6 Å². The molecule has 0 fully saturated rings. The number of fused-ring (bicyclic) bond motifs is 2. The Balaban J connectivity index is 0.000000218. The fraction of sp³-hybridized carbons (Fsp3) is 0.289. The first-order valence-electron chi connectivity index (χ1n) is 17.3. The lowest BCUT2D eigenvalue weighted by atomic mass is 10.1. The number of nitrogens with zero attached hydrogens (tertiary/aromatic N) is 3. The average molecular weight is 772 g/mol. The Morgan fingerprint density at radius 3 is 1.85 bits per heavy atom. The lowest BCUT2D eigenvalue weighted by Gasteiger charge is -2.23. The highest BCUT2D eigenvalue weighted by atomic mass is 32.2. The summed E-state index contributed by atoms with van der Waals surface area (Å²) in [5.74, 6) is 0.832. The van der Waals surface area contributed by atoms with Gasteiger partial charge in [0.2, 0.25) is 15.9 Å². The molecule has 2 heterocycles. The normalized spacial score (nSPS) is 12.8. The van der Waals surface area contributed by atoms with Gasteiger partial charge in [0.15, 0.2) is 0 Å². The van der Waals surface area contributed by atoms with Gasteiger partial charge >= 0.3 is 0 Å². The van der Waals surface area contributed by atoms with E-state index in [1.807, 2.05) is 67.7 Å². The topological polar surface area (TPSA) is 232 Å². The molecule has 16 nitrogen and oxygen atoms in total. The molecule has 17 heteroatoms. The molecule has 0 saturated heterocycles. The van der Waals surface area contributed by atoms with Crippen LogP contribution < -0.4 is 21.1 Å². The highest BCUT2D eigenvalue weighted by Crippen LogP contribution is 2.23. The van der Waals surface area contributed by atoms with Crippen LogP contribution in [0.25, 0.3) is 22.1 Å². The van der Waals surface area contributed by atoms with Crippen molar-refractivity contribution >= 4 is 49.4 Å². The van der Waals surface area contributed by atoms with Crippen molar-refractivity contribution in [1.82, 2.24) is 30.6 Å². The van der Waals surface area contributed by atoms with E-state index in [0.29, 0.717) is 59.2 Å². The van der Waals surface area contributed by atoms with Crippen LogP contribution in [-0.4, -0.2) is 71.2 Å². The highest BCUT2D eigenvalue weighted by molar-refractivity contribution is 7.92. The van der Waals surface area contributed by atoms with E-state index in [1.165, 1.54) is 12.1 Å². The first-order chi connectivity index (χ1) is 26.2. The van der Waals surface area contributed by atoms with Gasteiger partial charge in [0.25, 0.3) is 5.69 Å². The van der Waals surface area contributed by atoms with E-state index in [0.717, 1.165) is 17.4 Å². The van der Waals surface area contributed by atoms with Crippen molar-refractivity contribution in [2.45, 2.75) is 44.7 Å². The molecule has 0 radical (unpaired) electrons. The third-order valence-corrected chi connectivity index (χ3v) is 8.80. The van der Waals surface area contributed by atoms with Gasteiger partial charge in [-0.3, -0.25) is 19.6 Å². The number of H-pyrrole nitrogens is 2. The second kappa shape index (κ2) is 18.1. The second-order valence-electron chi connectivity index (χ2n) is 13.4. The van der Waals surface area contributed by atoms with Crippen molar-refractivity contribution in [3.8, 4) is 0 Å². The Bertz CT molecular complexity index is 2310. The number of hydrogen-bond donors (Lipinski definition) is 6. The Morgan fingerprint density at radius 2 is 1.35 bits per heavy atom. The van der Waals surface area contributed by atoms with E-state index in [-0.39, 0.29) is 24.2 Å². The zero-order valence-electron chi connectivity index (χ0n) is 30.9. The van der Waals surface area contributed by atoms with Crippen molar-refractivity contribution in [2.24, 2.45) is 5.73 Å². The number of carbonyl (C=O) groups is 1. The summed E-state index contributed by atoms with van der Waals surface area (Å²) in [4.78, 5) is 38.2. The molecular weight excluding hydrogens is 727 g/mol. The highest BCUT2D eigenvalue weighted by Gasteiger charge is 2.27. The van der Waals surface area contributed by atoms with Crippen LogP contribution in [0.5, 0.6) is 0 Å². The maximum absolute atomic E-state index is 12.5. The zero-order chi connectivity index (χ0) is 39.6. The predicted octanol–water partition coefficient (Wildman–Crippen LogP) is 4.99. The predicted molar refractivity (Wildman–Crippen MR) is 210 cm³/mol. The van der Waals surface area contributed by atoms with Crippen LogP contribution in [0, 0.1) is 10.1 Å². The van der Waals surface area contributed by atoms with Gasteiger partial charge in [-0.05, 0) is 56.3 Å². The number of aromatic nitrogens is 4. The van der Waals surface area contributed by atoms with Gasteiger partial charge in [0.05, 0.1) is 76.9 Å². The van der Waals surface area contributed by atoms with Crippen LogP contribution in [0.1, 0.15) is 48.7 Å². The molecule has 0 aliphatic rings. The SMILES string of the molecule is CC(C)(N)C(=O)N[C@H](COCc1ccccc1)c1nc2ccc(NS(C)(=O)=O)cc2[nH]1.CN[C@H](COCc1ccccc1)c1nc2ccc([N+](=O)[O-])cc2[nH]1. The number of carbonyl (C=O) groups excluding carboxylic acids is 1. The van der Waals surface area contributed by atoms with E-state index < -0.39 is 26.5 Å². The quantitative estimate of drug-likeness (QED) is 0.0567. The molecule has 6 rings (SSSR count). The third kappa shape index (κ3) is 11.9. The number of ether oxygens (including phenoxy) is 2. The average Bonchev–Trinajstić information content (AvgIpc) is 3.77. The van der Waals surface area contributed by atoms with Crippen LogP contribution in [0.2, 0.25) is 0 Å². The summed E-state index contributed by atoms with van der Waals surface area (Å²) < 4.78 is 37.0. The summed E-state index contributed by atoms with van der Waals surface area (Å²) in [5, 5.41) is 16.9. The lowest BCUT2D eigenvalue weighted by molar-refractivity contribution is -0.384. The van der Waals surface area contributed by atoms with Crippen molar-refractivity contribution in [3.05, 3.63) is 130 Å². The summed E-state index contributed by atoms with van der Waals surface area (Å²) in [7, 11) is -1.58. The molecule has 2 atom stereocenters. The largest absolute Gasteiger partial charge is 0.375 e. The number of nitro groups is 1. The number of hydrogen-bond acceptors (Lipinski definition) is 11. The summed E-state index contributed by atoms with van der Waals surface area (Å²) >= 11 is 0. The summed E-state index contributed by atoms with van der Waals surface area (Å²) in [6.07, 6.45) is 1.08. The first kappa shape index (κ1) is 40.5. The van der Waals surface area contributed by atoms with E-state index in [2.05, 4.69) is 35.3 Å². The Kier molecular flexibility index (Phi) is 13.3. The van der Waals surface area contributed by atoms with Gasteiger partial charge in [-0.2, -0.15) is 0 Å². The van der Waals surface area contributed by atoms with Gasteiger partial charge in [-0.1, -0.05) is 60.7 Å². The number of likely N-dealkylation sites (N-methyl/N-ethyl adjacent to an activating group) is 1. The number of nitrogens with two attached hydrogens (primary N) is 1. The third-order valence-electron chi connectivity index (χ3n) is 8.19. The maximum Gasteiger partial charge on any atom is 0.271 e. The van der Waals surface area contributed by atoms with Gasteiger partial charge in [0, 0.05) is 12.1 Å². The number of nitrogens with one attached hydrogen (secondary N) is 5. The smallest absolute Gasteiger partial charge is 0.271 e. The van der Waals surface area contributed by atoms with Gasteiger partial charge in [-0.25, -0.2) is 18.4 Å². The molecule has 0 saturated carbocycles. The first-order valence-corrected chi connectivity index (χ1v) is 19.2. The van der Waals surface area contributed by atoms with Gasteiger partial charge < -0.3 is 35.8 Å². The number of rotatable bonds is 16. The maximum atomic E-state index is 12.5. The monoisotopic (exact) mass is 771 g/mol. The molecule has 6 aromatic rings. The minimum Gasteiger partial charge on any atom is -0.375 e. The molecule has 0 unspecified atom stereocenters. The Hall–Kier alpha value is -5.72. The number of sulfonamides is 1. The van der Waals surface area contributed by atoms with Crippen LogP contribution >= 0.6 is 0 Å². The summed E-state index contributed by atoms with van der Waals surface area (Å²) in [6.45, 7) is 4.74. The number of nitro benzene ring substituents is 1. The molecule has 2 aromatic heterocycles. The number of imidazole rings is 2. The minimum absolute atomic E-state index is 0.0408. The molecule has 290 valence electrons. The fourth-order valence-corrected chi connectivity index (χ4v) is 5.89. The molecule has 0 aliphatic carbocycles. The van der Waals surface area contributed by atoms with Crippen molar-refractivity contribution in [2.75, 3.05) is 31.2 Å². The molecule has 0 aliphatic heterocycles. The summed E-state index contributed by atoms with van der Waals surface area (Å²) in [6, 6.07) is 28.5. The number of non-ortho nitro benzene ring substituents is 1. The van der Waals surface area contributed by atoms with Crippen LogP contribution in [0.4, 0.5) is 11.4 Å². The Morgan fingerprint density at radius 1 is 0.836 bits per heavy atom. The number of amides is 1. The fourth-order valence-electron chi connectivity index (χ4n) is 5.34. The molecular formula is C38H45N9O7S. The zero-order valence-corrected chi connectivity index (χ0v) is 31.7. The number of aromatic amines is 2. The lowest BCUT2D eigenvalue weighted by Crippen LogP contribution is -2.50. The molecule has 4 aromatic carbocycles. The van der Waals surface area contributed by atoms with E-state index in [4.69, 9.17) is 15.2 Å². The number of benzene rings is 4. The van der Waals surface area contributed by atoms with Crippen LogP contribution in [0.3, 0.4) is 0 Å². The second-order valence-corrected chi connectivity index (χ2v) is 15.1.